The van der Waals surface area contributed by atoms with Crippen LogP contribution in [0.25, 0.3) is 11.1 Å². The van der Waals surface area contributed by atoms with Crippen LogP contribution in [0.4, 0.5) is 0 Å². The van der Waals surface area contributed by atoms with Crippen LogP contribution in [0.2, 0.25) is 0 Å². The van der Waals surface area contributed by atoms with Crippen molar-refractivity contribution in [1.29, 1.82) is 0 Å². The van der Waals surface area contributed by atoms with E-state index in [1.54, 1.807) is 6.20 Å². The van der Waals surface area contributed by atoms with Crippen LogP contribution in [-0.2, 0) is 4.74 Å². The van der Waals surface area contributed by atoms with E-state index in [0.29, 0.717) is 12.5 Å². The largest absolute Gasteiger partial charge is 0.478 e. The summed E-state index contributed by atoms with van der Waals surface area (Å²) in [5.74, 6) is 0.652. The lowest BCUT2D eigenvalue weighted by atomic mass is 10.1. The second-order valence-electron chi connectivity index (χ2n) is 4.82. The Balaban J connectivity index is 1.86. The summed E-state index contributed by atoms with van der Waals surface area (Å²) in [6.45, 7) is 3.37. The van der Waals surface area contributed by atoms with Crippen LogP contribution < -0.4 is 4.74 Å². The average molecular weight is 273 g/mol. The van der Waals surface area contributed by atoms with Gasteiger partial charge in [-0.2, -0.15) is 5.10 Å². The highest BCUT2D eigenvalue weighted by Gasteiger charge is 2.17. The maximum atomic E-state index is 5.74. The molecule has 0 aliphatic carbocycles. The van der Waals surface area contributed by atoms with Crippen LogP contribution in [0.3, 0.4) is 0 Å². The smallest absolute Gasteiger partial charge is 0.221 e. The Morgan fingerprint density at radius 2 is 2.40 bits per heavy atom. The van der Waals surface area contributed by atoms with Gasteiger partial charge in [-0.15, -0.1) is 0 Å². The van der Waals surface area contributed by atoms with Gasteiger partial charge in [-0.25, -0.2) is 9.67 Å². The van der Waals surface area contributed by atoms with Crippen molar-refractivity contribution in [3.05, 3.63) is 30.7 Å². The number of nitrogens with zero attached hydrogens (tertiary/aromatic N) is 3. The fourth-order valence-corrected chi connectivity index (χ4v) is 2.43. The lowest BCUT2D eigenvalue weighted by molar-refractivity contribution is -0.0394. The summed E-state index contributed by atoms with van der Waals surface area (Å²) in [5.41, 5.74) is 1.98. The Bertz CT molecular complexity index is 562. The van der Waals surface area contributed by atoms with Gasteiger partial charge >= 0.3 is 0 Å². The van der Waals surface area contributed by atoms with E-state index in [4.69, 9.17) is 9.47 Å². The third kappa shape index (κ3) is 2.67. The third-order valence-electron chi connectivity index (χ3n) is 3.42. The lowest BCUT2D eigenvalue weighted by Gasteiger charge is -2.22. The minimum Gasteiger partial charge on any atom is -0.478 e. The standard InChI is InChI=1S/C15H19N3O2/c1-2-19-15-13(6-5-8-16-15)12-10-17-18(11-12)14-7-3-4-9-20-14/h5-6,8,10-11,14H,2-4,7,9H2,1H3. The van der Waals surface area contributed by atoms with E-state index in [1.165, 1.54) is 6.42 Å². The van der Waals surface area contributed by atoms with Gasteiger partial charge in [-0.3, -0.25) is 0 Å². The van der Waals surface area contributed by atoms with Gasteiger partial charge in [0.05, 0.1) is 12.8 Å². The van der Waals surface area contributed by atoms with Crippen LogP contribution >= 0.6 is 0 Å². The van der Waals surface area contributed by atoms with Gasteiger partial charge in [0.1, 0.15) is 6.23 Å². The molecular weight excluding hydrogens is 254 g/mol. The van der Waals surface area contributed by atoms with Crippen LogP contribution in [0, 0.1) is 0 Å². The normalized spacial score (nSPS) is 18.9. The Morgan fingerprint density at radius 1 is 1.45 bits per heavy atom. The molecular formula is C15H19N3O2. The molecule has 0 saturated carbocycles. The molecule has 0 N–H and O–H groups in total. The van der Waals surface area contributed by atoms with Gasteiger partial charge in [-0.1, -0.05) is 0 Å². The van der Waals surface area contributed by atoms with E-state index in [2.05, 4.69) is 10.1 Å². The van der Waals surface area contributed by atoms with E-state index in [1.807, 2.05) is 36.1 Å². The molecule has 1 unspecified atom stereocenters. The van der Waals surface area contributed by atoms with Gasteiger partial charge in [-0.05, 0) is 38.3 Å². The maximum Gasteiger partial charge on any atom is 0.221 e. The molecule has 2 aromatic heterocycles. The van der Waals surface area contributed by atoms with E-state index in [0.717, 1.165) is 30.6 Å². The molecule has 3 heterocycles. The second kappa shape index (κ2) is 6.05. The third-order valence-corrected chi connectivity index (χ3v) is 3.42. The summed E-state index contributed by atoms with van der Waals surface area (Å²) in [4.78, 5) is 4.28. The van der Waals surface area contributed by atoms with Crippen LogP contribution in [0.1, 0.15) is 32.4 Å². The minimum absolute atomic E-state index is 0.0599. The minimum atomic E-state index is 0.0599. The zero-order valence-electron chi connectivity index (χ0n) is 11.7. The fraction of sp³-hybridized carbons (Fsp3) is 0.467. The van der Waals surface area contributed by atoms with E-state index >= 15 is 0 Å². The Kier molecular flexibility index (Phi) is 3.97. The Morgan fingerprint density at radius 3 is 3.20 bits per heavy atom. The molecule has 0 bridgehead atoms. The van der Waals surface area contributed by atoms with Crippen molar-refractivity contribution < 1.29 is 9.47 Å². The first kappa shape index (κ1) is 13.1. The van der Waals surface area contributed by atoms with E-state index in [9.17, 15) is 0 Å². The van der Waals surface area contributed by atoms with E-state index < -0.39 is 0 Å². The number of ether oxygens (including phenoxy) is 2. The molecule has 5 heteroatoms. The molecule has 106 valence electrons. The summed E-state index contributed by atoms with van der Waals surface area (Å²) in [6, 6.07) is 3.91. The molecule has 1 saturated heterocycles. The van der Waals surface area contributed by atoms with Crippen LogP contribution in [0.5, 0.6) is 5.88 Å². The van der Waals surface area contributed by atoms with Crippen molar-refractivity contribution in [3.8, 4) is 17.0 Å². The van der Waals surface area contributed by atoms with Crippen molar-refractivity contribution in [2.45, 2.75) is 32.4 Å². The maximum absolute atomic E-state index is 5.74. The van der Waals surface area contributed by atoms with Crippen LogP contribution in [0.15, 0.2) is 30.7 Å². The quantitative estimate of drug-likeness (QED) is 0.859. The number of rotatable bonds is 4. The molecule has 0 aromatic carbocycles. The van der Waals surface area contributed by atoms with Gasteiger partial charge in [0.2, 0.25) is 5.88 Å². The SMILES string of the molecule is CCOc1ncccc1-c1cnn(C2CCCCO2)c1. The van der Waals surface area contributed by atoms with Crippen LogP contribution in [-0.4, -0.2) is 28.0 Å². The monoisotopic (exact) mass is 273 g/mol. The fourth-order valence-electron chi connectivity index (χ4n) is 2.43. The van der Waals surface area contributed by atoms with Gasteiger partial charge < -0.3 is 9.47 Å². The molecule has 5 nitrogen and oxygen atoms in total. The number of hydrogen-bond acceptors (Lipinski definition) is 4. The lowest BCUT2D eigenvalue weighted by Crippen LogP contribution is -2.18. The highest BCUT2D eigenvalue weighted by molar-refractivity contribution is 5.66. The molecule has 2 aromatic rings. The Labute approximate surface area is 118 Å². The predicted molar refractivity (Wildman–Crippen MR) is 75.5 cm³/mol. The second-order valence-corrected chi connectivity index (χ2v) is 4.82. The van der Waals surface area contributed by atoms with Crippen molar-refractivity contribution in [2.24, 2.45) is 0 Å². The Hall–Kier alpha value is -1.88. The van der Waals surface area contributed by atoms with Gasteiger partial charge in [0, 0.05) is 30.1 Å². The number of pyridine rings is 1. The molecule has 1 atom stereocenters. The van der Waals surface area contributed by atoms with Gasteiger partial charge in [0.15, 0.2) is 0 Å². The van der Waals surface area contributed by atoms with Crippen molar-refractivity contribution in [3.63, 3.8) is 0 Å². The van der Waals surface area contributed by atoms with Crippen molar-refractivity contribution >= 4 is 0 Å². The summed E-state index contributed by atoms with van der Waals surface area (Å²) < 4.78 is 13.2. The van der Waals surface area contributed by atoms with E-state index in [-0.39, 0.29) is 6.23 Å². The summed E-state index contributed by atoms with van der Waals surface area (Å²) >= 11 is 0. The molecule has 1 aliphatic heterocycles. The summed E-state index contributed by atoms with van der Waals surface area (Å²) in [7, 11) is 0. The molecule has 3 rings (SSSR count). The van der Waals surface area contributed by atoms with Crippen molar-refractivity contribution in [2.75, 3.05) is 13.2 Å². The first-order valence-electron chi connectivity index (χ1n) is 7.12. The van der Waals surface area contributed by atoms with Crippen molar-refractivity contribution in [1.82, 2.24) is 14.8 Å². The topological polar surface area (TPSA) is 49.2 Å². The number of hydrogen-bond donors (Lipinski definition) is 0. The molecule has 0 amide bonds. The highest BCUT2D eigenvalue weighted by atomic mass is 16.5. The summed E-state index contributed by atoms with van der Waals surface area (Å²) in [5, 5.41) is 4.43. The zero-order chi connectivity index (χ0) is 13.8. The molecule has 0 spiro atoms. The predicted octanol–water partition coefficient (Wildman–Crippen LogP) is 3.04. The molecule has 1 fully saturated rings. The first-order valence-corrected chi connectivity index (χ1v) is 7.12. The molecule has 20 heavy (non-hydrogen) atoms. The number of aromatic nitrogens is 3. The average Bonchev–Trinajstić information content (AvgIpc) is 2.99. The molecule has 1 aliphatic rings. The zero-order valence-corrected chi connectivity index (χ0v) is 11.7. The van der Waals surface area contributed by atoms with Gasteiger partial charge in [0.25, 0.3) is 0 Å². The first-order chi connectivity index (χ1) is 9.88. The highest BCUT2D eigenvalue weighted by Crippen LogP contribution is 2.29. The molecule has 0 radical (unpaired) electrons. The summed E-state index contributed by atoms with van der Waals surface area (Å²) in [6.07, 6.45) is 9.01.